The number of rotatable bonds is 9. The number of nitrogens with zero attached hydrogens (tertiary/aromatic N) is 5. The van der Waals surface area contributed by atoms with Gasteiger partial charge in [0.15, 0.2) is 0 Å². The smallest absolute Gasteiger partial charge is 0.230 e. The molecule has 0 saturated carbocycles. The molecule has 2 fully saturated rings. The minimum Gasteiger partial charge on any atom is -0.352 e. The van der Waals surface area contributed by atoms with Gasteiger partial charge in [0.1, 0.15) is 0 Å². The second-order valence-electron chi connectivity index (χ2n) is 11.1. The number of benzene rings is 2. The third-order valence-corrected chi connectivity index (χ3v) is 7.46. The summed E-state index contributed by atoms with van der Waals surface area (Å²) in [6.07, 6.45) is 0. The quantitative estimate of drug-likeness (QED) is 0.319. The largest absolute Gasteiger partial charge is 0.352 e. The second-order valence-corrected chi connectivity index (χ2v) is 11.1. The Morgan fingerprint density at radius 2 is 1.09 bits per heavy atom. The molecule has 12 heteroatoms. The van der Waals surface area contributed by atoms with Crippen LogP contribution in [0.25, 0.3) is 0 Å². The molecule has 0 unspecified atom stereocenters. The van der Waals surface area contributed by atoms with Crippen molar-refractivity contribution >= 4 is 17.8 Å². The summed E-state index contributed by atoms with van der Waals surface area (Å²) in [5.74, 6) is -1.64. The first-order valence-electron chi connectivity index (χ1n) is 15.0. The van der Waals surface area contributed by atoms with E-state index in [1.165, 1.54) is 18.1 Å². The van der Waals surface area contributed by atoms with Gasteiger partial charge in [0.25, 0.3) is 0 Å². The van der Waals surface area contributed by atoms with Crippen LogP contribution in [0.5, 0.6) is 0 Å². The number of carbonyl (C=O) groups is 2. The average Bonchev–Trinajstić information content (AvgIpc) is 3.01. The number of aromatic nitrogens is 2. The Bertz CT molecular complexity index is 1320. The van der Waals surface area contributed by atoms with Crippen molar-refractivity contribution < 1.29 is 18.4 Å². The molecule has 2 saturated heterocycles. The van der Waals surface area contributed by atoms with Crippen molar-refractivity contribution in [1.29, 1.82) is 0 Å². The fourth-order valence-corrected chi connectivity index (χ4v) is 4.99. The molecule has 3 N–H and O–H groups in total. The first-order valence-corrected chi connectivity index (χ1v) is 15.0. The Morgan fingerprint density at radius 3 is 1.52 bits per heavy atom. The standard InChI is InChI=1S/C18H21F2N5O.C14H21N3O/c1-13(26)21-11-14-2-4-15(5-3-14)12-24-6-8-25(9-7-24)18-22-16(19)10-17(20)23-18;1-12(18)16-10-13-2-4-14(5-3-13)11-17-8-6-15-7-9-17/h2-5,10H,6-9,11-12H2,1H3,(H,21,26);2-5,15H,6-11H2,1H3,(H,16,18). The second kappa shape index (κ2) is 16.7. The lowest BCUT2D eigenvalue weighted by atomic mass is 10.1. The minimum absolute atomic E-state index is 0.0138. The van der Waals surface area contributed by atoms with Crippen LogP contribution in [0, 0.1) is 11.9 Å². The molecule has 0 aliphatic carbocycles. The van der Waals surface area contributed by atoms with Gasteiger partial charge < -0.3 is 20.9 Å². The van der Waals surface area contributed by atoms with Crippen molar-refractivity contribution in [3.8, 4) is 0 Å². The fourth-order valence-electron chi connectivity index (χ4n) is 4.99. The van der Waals surface area contributed by atoms with Gasteiger partial charge in [-0.05, 0) is 22.3 Å². The third-order valence-electron chi connectivity index (χ3n) is 7.46. The van der Waals surface area contributed by atoms with Gasteiger partial charge in [0.2, 0.25) is 29.7 Å². The number of piperazine rings is 2. The average molecular weight is 609 g/mol. The molecule has 10 nitrogen and oxygen atoms in total. The summed E-state index contributed by atoms with van der Waals surface area (Å²) < 4.78 is 26.5. The van der Waals surface area contributed by atoms with Crippen molar-refractivity contribution in [2.75, 3.05) is 57.3 Å². The Morgan fingerprint density at radius 1 is 0.682 bits per heavy atom. The third kappa shape index (κ3) is 11.3. The zero-order valence-corrected chi connectivity index (χ0v) is 25.5. The van der Waals surface area contributed by atoms with Crippen LogP contribution in [0.1, 0.15) is 36.1 Å². The van der Waals surface area contributed by atoms with Gasteiger partial charge in [-0.3, -0.25) is 19.4 Å². The predicted octanol–water partition coefficient (Wildman–Crippen LogP) is 2.44. The SMILES string of the molecule is CC(=O)NCc1ccc(CN2CCN(c3nc(F)cc(F)n3)CC2)cc1.CC(=O)NCc1ccc(CN2CCNCC2)cc1. The summed E-state index contributed by atoms with van der Waals surface area (Å²) in [6, 6.07) is 17.3. The maximum atomic E-state index is 13.2. The maximum Gasteiger partial charge on any atom is 0.230 e. The van der Waals surface area contributed by atoms with Gasteiger partial charge in [-0.25, -0.2) is 0 Å². The molecule has 2 aliphatic rings. The van der Waals surface area contributed by atoms with E-state index in [9.17, 15) is 18.4 Å². The lowest BCUT2D eigenvalue weighted by Crippen LogP contribution is -2.46. The van der Waals surface area contributed by atoms with E-state index in [2.05, 4.69) is 72.1 Å². The summed E-state index contributed by atoms with van der Waals surface area (Å²) in [7, 11) is 0. The van der Waals surface area contributed by atoms with E-state index < -0.39 is 11.9 Å². The van der Waals surface area contributed by atoms with E-state index in [4.69, 9.17) is 0 Å². The Labute approximate surface area is 257 Å². The molecule has 3 heterocycles. The number of carbonyl (C=O) groups excluding carboxylic acids is 2. The zero-order chi connectivity index (χ0) is 31.3. The highest BCUT2D eigenvalue weighted by atomic mass is 19.1. The Balaban J connectivity index is 0.000000215. The van der Waals surface area contributed by atoms with Crippen LogP contribution in [0.2, 0.25) is 0 Å². The van der Waals surface area contributed by atoms with E-state index >= 15 is 0 Å². The summed E-state index contributed by atoms with van der Waals surface area (Å²) >= 11 is 0. The van der Waals surface area contributed by atoms with E-state index in [-0.39, 0.29) is 17.8 Å². The molecule has 3 aromatic rings. The van der Waals surface area contributed by atoms with Gasteiger partial charge >= 0.3 is 0 Å². The Hall–Kier alpha value is -4.00. The van der Waals surface area contributed by atoms with Crippen LogP contribution in [-0.2, 0) is 35.8 Å². The van der Waals surface area contributed by atoms with Crippen molar-refractivity contribution in [2.45, 2.75) is 40.0 Å². The topological polar surface area (TPSA) is 106 Å². The van der Waals surface area contributed by atoms with Crippen LogP contribution < -0.4 is 20.9 Å². The molecule has 44 heavy (non-hydrogen) atoms. The first-order chi connectivity index (χ1) is 21.2. The normalized spacial score (nSPS) is 15.7. The predicted molar refractivity (Wildman–Crippen MR) is 166 cm³/mol. The van der Waals surface area contributed by atoms with Crippen molar-refractivity contribution in [1.82, 2.24) is 35.7 Å². The first kappa shape index (κ1) is 32.9. The molecular weight excluding hydrogens is 566 g/mol. The molecule has 2 aromatic carbocycles. The van der Waals surface area contributed by atoms with Crippen molar-refractivity contribution in [3.63, 3.8) is 0 Å². The van der Waals surface area contributed by atoms with Crippen LogP contribution in [0.4, 0.5) is 14.7 Å². The van der Waals surface area contributed by atoms with Gasteiger partial charge in [-0.2, -0.15) is 18.7 Å². The number of hydrogen-bond donors (Lipinski definition) is 3. The monoisotopic (exact) mass is 608 g/mol. The molecule has 1 aromatic heterocycles. The molecule has 0 radical (unpaired) electrons. The number of halogens is 2. The molecule has 2 amide bonds. The summed E-state index contributed by atoms with van der Waals surface area (Å²) in [5.41, 5.74) is 4.72. The summed E-state index contributed by atoms with van der Waals surface area (Å²) in [4.78, 5) is 35.6. The van der Waals surface area contributed by atoms with Gasteiger partial charge in [0, 0.05) is 98.5 Å². The maximum absolute atomic E-state index is 13.2. The lowest BCUT2D eigenvalue weighted by molar-refractivity contribution is -0.120. The van der Waals surface area contributed by atoms with Gasteiger partial charge in [0.05, 0.1) is 0 Å². The number of nitrogens with one attached hydrogen (secondary N) is 3. The van der Waals surface area contributed by atoms with Crippen LogP contribution in [0.3, 0.4) is 0 Å². The van der Waals surface area contributed by atoms with Gasteiger partial charge in [-0.1, -0.05) is 48.5 Å². The van der Waals surface area contributed by atoms with Gasteiger partial charge in [-0.15, -0.1) is 0 Å². The number of amides is 2. The van der Waals surface area contributed by atoms with Crippen LogP contribution >= 0.6 is 0 Å². The molecular formula is C32H42F2N8O2. The highest BCUT2D eigenvalue weighted by Crippen LogP contribution is 2.15. The summed E-state index contributed by atoms with van der Waals surface area (Å²) in [6.45, 7) is 13.1. The minimum atomic E-state index is -0.853. The molecule has 0 bridgehead atoms. The van der Waals surface area contributed by atoms with E-state index in [1.807, 2.05) is 12.1 Å². The zero-order valence-electron chi connectivity index (χ0n) is 25.5. The highest BCUT2D eigenvalue weighted by Gasteiger charge is 2.20. The van der Waals surface area contributed by atoms with E-state index in [1.54, 1.807) is 11.8 Å². The van der Waals surface area contributed by atoms with Crippen LogP contribution in [0.15, 0.2) is 54.6 Å². The van der Waals surface area contributed by atoms with Crippen molar-refractivity contribution in [3.05, 3.63) is 88.7 Å². The van der Waals surface area contributed by atoms with Crippen molar-refractivity contribution in [2.24, 2.45) is 0 Å². The molecule has 236 valence electrons. The lowest BCUT2D eigenvalue weighted by Gasteiger charge is -2.34. The van der Waals surface area contributed by atoms with E-state index in [0.717, 1.165) is 63.5 Å². The molecule has 5 rings (SSSR count). The molecule has 0 spiro atoms. The Kier molecular flexibility index (Phi) is 12.5. The molecule has 0 atom stereocenters. The number of anilines is 1. The number of hydrogen-bond acceptors (Lipinski definition) is 8. The molecule has 2 aliphatic heterocycles. The van der Waals surface area contributed by atoms with Crippen LogP contribution in [-0.4, -0.2) is 83.9 Å². The van der Waals surface area contributed by atoms with E-state index in [0.29, 0.717) is 32.2 Å². The fraction of sp³-hybridized carbons (Fsp3) is 0.438. The summed E-state index contributed by atoms with van der Waals surface area (Å²) in [5, 5.41) is 8.93. The highest BCUT2D eigenvalue weighted by molar-refractivity contribution is 5.73.